The molecule has 0 fully saturated rings. The summed E-state index contributed by atoms with van der Waals surface area (Å²) < 4.78 is 11.3. The first-order valence-electron chi connectivity index (χ1n) is 8.79. The van der Waals surface area contributed by atoms with E-state index >= 15 is 0 Å². The lowest BCUT2D eigenvalue weighted by atomic mass is 10.1. The minimum absolute atomic E-state index is 0.168. The molecule has 0 spiro atoms. The second kappa shape index (κ2) is 8.41. The van der Waals surface area contributed by atoms with Crippen LogP contribution in [0.2, 0.25) is 0 Å². The van der Waals surface area contributed by atoms with Gasteiger partial charge < -0.3 is 14.8 Å². The molecule has 0 aromatic heterocycles. The Morgan fingerprint density at radius 1 is 0.889 bits per heavy atom. The largest absolute Gasteiger partial charge is 0.496 e. The SMILES string of the molecule is COc1ccc(C(=O)Nc2ccc(C)cc2)cc1COc1ccc(C)cc1. The third kappa shape index (κ3) is 4.88. The third-order valence-electron chi connectivity index (χ3n) is 4.27. The number of benzene rings is 3. The molecule has 0 heterocycles. The summed E-state index contributed by atoms with van der Waals surface area (Å²) in [5, 5.41) is 2.91. The number of carbonyl (C=O) groups excluding carboxylic acids is 1. The maximum atomic E-state index is 12.6. The van der Waals surface area contributed by atoms with Gasteiger partial charge in [-0.1, -0.05) is 35.4 Å². The molecule has 27 heavy (non-hydrogen) atoms. The number of hydrogen-bond donors (Lipinski definition) is 1. The van der Waals surface area contributed by atoms with E-state index in [4.69, 9.17) is 9.47 Å². The normalized spacial score (nSPS) is 10.3. The van der Waals surface area contributed by atoms with Gasteiger partial charge in [-0.25, -0.2) is 0 Å². The van der Waals surface area contributed by atoms with Crippen LogP contribution in [-0.2, 0) is 6.61 Å². The van der Waals surface area contributed by atoms with Gasteiger partial charge in [-0.2, -0.15) is 0 Å². The van der Waals surface area contributed by atoms with Crippen LogP contribution in [0.4, 0.5) is 5.69 Å². The fraction of sp³-hybridized carbons (Fsp3) is 0.174. The predicted octanol–water partition coefficient (Wildman–Crippen LogP) is 5.14. The Labute approximate surface area is 159 Å². The van der Waals surface area contributed by atoms with Crippen molar-refractivity contribution in [3.8, 4) is 11.5 Å². The number of nitrogens with one attached hydrogen (secondary N) is 1. The zero-order chi connectivity index (χ0) is 19.2. The van der Waals surface area contributed by atoms with Gasteiger partial charge in [0.2, 0.25) is 0 Å². The number of hydrogen-bond acceptors (Lipinski definition) is 3. The lowest BCUT2D eigenvalue weighted by Crippen LogP contribution is -2.12. The molecule has 138 valence electrons. The monoisotopic (exact) mass is 361 g/mol. The van der Waals surface area contributed by atoms with Crippen molar-refractivity contribution >= 4 is 11.6 Å². The molecule has 3 aromatic carbocycles. The molecule has 0 saturated heterocycles. The molecule has 0 aliphatic rings. The number of anilines is 1. The molecule has 0 unspecified atom stereocenters. The highest BCUT2D eigenvalue weighted by Gasteiger charge is 2.11. The van der Waals surface area contributed by atoms with Gasteiger partial charge in [0.15, 0.2) is 0 Å². The number of amides is 1. The van der Waals surface area contributed by atoms with Crippen LogP contribution in [0, 0.1) is 13.8 Å². The van der Waals surface area contributed by atoms with Crippen LogP contribution in [0.15, 0.2) is 66.7 Å². The molecule has 1 amide bonds. The Balaban J connectivity index is 1.74. The van der Waals surface area contributed by atoms with Crippen molar-refractivity contribution in [2.45, 2.75) is 20.5 Å². The van der Waals surface area contributed by atoms with Gasteiger partial charge in [0.25, 0.3) is 5.91 Å². The van der Waals surface area contributed by atoms with Gasteiger partial charge >= 0.3 is 0 Å². The molecule has 0 aliphatic carbocycles. The standard InChI is InChI=1S/C23H23NO3/c1-16-4-9-20(10-5-16)24-23(25)18-8-13-22(26-3)19(14-18)15-27-21-11-6-17(2)7-12-21/h4-14H,15H2,1-3H3,(H,24,25). The Kier molecular flexibility index (Phi) is 5.77. The quantitative estimate of drug-likeness (QED) is 0.661. The lowest BCUT2D eigenvalue weighted by molar-refractivity contribution is 0.102. The van der Waals surface area contributed by atoms with Crippen LogP contribution in [0.1, 0.15) is 27.0 Å². The van der Waals surface area contributed by atoms with E-state index in [2.05, 4.69) is 5.32 Å². The van der Waals surface area contributed by atoms with Gasteiger partial charge in [0, 0.05) is 16.8 Å². The average molecular weight is 361 g/mol. The van der Waals surface area contributed by atoms with E-state index < -0.39 is 0 Å². The maximum absolute atomic E-state index is 12.6. The molecular weight excluding hydrogens is 338 g/mol. The summed E-state index contributed by atoms with van der Waals surface area (Å²) >= 11 is 0. The Bertz CT molecular complexity index is 915. The van der Waals surface area contributed by atoms with Crippen molar-refractivity contribution in [3.05, 3.63) is 89.0 Å². The van der Waals surface area contributed by atoms with Crippen molar-refractivity contribution in [2.24, 2.45) is 0 Å². The average Bonchev–Trinajstić information content (AvgIpc) is 2.69. The summed E-state index contributed by atoms with van der Waals surface area (Å²) in [6, 6.07) is 20.9. The van der Waals surface area contributed by atoms with Crippen LogP contribution < -0.4 is 14.8 Å². The highest BCUT2D eigenvalue weighted by molar-refractivity contribution is 6.04. The highest BCUT2D eigenvalue weighted by atomic mass is 16.5. The molecule has 0 saturated carbocycles. The molecule has 3 aromatic rings. The molecule has 3 rings (SSSR count). The minimum atomic E-state index is -0.168. The van der Waals surface area contributed by atoms with Gasteiger partial charge in [-0.3, -0.25) is 4.79 Å². The van der Waals surface area contributed by atoms with Crippen molar-refractivity contribution in [1.29, 1.82) is 0 Å². The van der Waals surface area contributed by atoms with E-state index in [1.807, 2.05) is 62.4 Å². The number of carbonyl (C=O) groups is 1. The smallest absolute Gasteiger partial charge is 0.255 e. The molecular formula is C23H23NO3. The zero-order valence-corrected chi connectivity index (χ0v) is 15.8. The molecule has 0 radical (unpaired) electrons. The van der Waals surface area contributed by atoms with E-state index in [9.17, 15) is 4.79 Å². The first-order valence-corrected chi connectivity index (χ1v) is 8.79. The number of aryl methyl sites for hydroxylation is 2. The van der Waals surface area contributed by atoms with E-state index in [0.717, 1.165) is 22.6 Å². The lowest BCUT2D eigenvalue weighted by Gasteiger charge is -2.13. The van der Waals surface area contributed by atoms with Crippen molar-refractivity contribution < 1.29 is 14.3 Å². The Hall–Kier alpha value is -3.27. The molecule has 0 aliphatic heterocycles. The van der Waals surface area contributed by atoms with Crippen LogP contribution in [-0.4, -0.2) is 13.0 Å². The van der Waals surface area contributed by atoms with Crippen molar-refractivity contribution in [3.63, 3.8) is 0 Å². The van der Waals surface area contributed by atoms with Gasteiger partial charge in [-0.05, 0) is 56.3 Å². The number of methoxy groups -OCH3 is 1. The molecule has 4 heteroatoms. The van der Waals surface area contributed by atoms with E-state index in [0.29, 0.717) is 17.9 Å². The Morgan fingerprint density at radius 2 is 1.52 bits per heavy atom. The van der Waals surface area contributed by atoms with Crippen LogP contribution in [0.3, 0.4) is 0 Å². The number of rotatable bonds is 6. The summed E-state index contributed by atoms with van der Waals surface area (Å²) in [5.41, 5.74) is 4.45. The first kappa shape index (κ1) is 18.5. The topological polar surface area (TPSA) is 47.6 Å². The van der Waals surface area contributed by atoms with Gasteiger partial charge in [0.05, 0.1) is 7.11 Å². The van der Waals surface area contributed by atoms with Gasteiger partial charge in [-0.15, -0.1) is 0 Å². The van der Waals surface area contributed by atoms with E-state index in [1.54, 1.807) is 25.3 Å². The summed E-state index contributed by atoms with van der Waals surface area (Å²) in [5.74, 6) is 1.30. The van der Waals surface area contributed by atoms with E-state index in [-0.39, 0.29) is 5.91 Å². The van der Waals surface area contributed by atoms with Crippen LogP contribution >= 0.6 is 0 Å². The third-order valence-corrected chi connectivity index (χ3v) is 4.27. The Morgan fingerprint density at radius 3 is 2.15 bits per heavy atom. The zero-order valence-electron chi connectivity index (χ0n) is 15.8. The maximum Gasteiger partial charge on any atom is 0.255 e. The van der Waals surface area contributed by atoms with E-state index in [1.165, 1.54) is 5.56 Å². The van der Waals surface area contributed by atoms with Crippen LogP contribution in [0.5, 0.6) is 11.5 Å². The fourth-order valence-corrected chi connectivity index (χ4v) is 2.67. The first-order chi connectivity index (χ1) is 13.0. The fourth-order valence-electron chi connectivity index (χ4n) is 2.67. The summed E-state index contributed by atoms with van der Waals surface area (Å²) in [4.78, 5) is 12.6. The van der Waals surface area contributed by atoms with Crippen molar-refractivity contribution in [1.82, 2.24) is 0 Å². The number of ether oxygens (including phenoxy) is 2. The predicted molar refractivity (Wildman–Crippen MR) is 108 cm³/mol. The highest BCUT2D eigenvalue weighted by Crippen LogP contribution is 2.23. The summed E-state index contributed by atoms with van der Waals surface area (Å²) in [7, 11) is 1.61. The van der Waals surface area contributed by atoms with Crippen LogP contribution in [0.25, 0.3) is 0 Å². The molecule has 4 nitrogen and oxygen atoms in total. The second-order valence-corrected chi connectivity index (χ2v) is 6.45. The molecule has 0 atom stereocenters. The minimum Gasteiger partial charge on any atom is -0.496 e. The summed E-state index contributed by atoms with van der Waals surface area (Å²) in [6.45, 7) is 4.36. The second-order valence-electron chi connectivity index (χ2n) is 6.45. The summed E-state index contributed by atoms with van der Waals surface area (Å²) in [6.07, 6.45) is 0. The van der Waals surface area contributed by atoms with Gasteiger partial charge in [0.1, 0.15) is 18.1 Å². The molecule has 0 bridgehead atoms. The van der Waals surface area contributed by atoms with Crippen molar-refractivity contribution in [2.75, 3.05) is 12.4 Å². The molecule has 1 N–H and O–H groups in total.